The molecule has 2 aromatic rings. The van der Waals surface area contributed by atoms with Crippen molar-refractivity contribution in [2.75, 3.05) is 27.2 Å². The standard InChI is InChI=1S/C18H20BrFN2O2/c1-21-10-11-22(2)18(23)17(13-6-4-3-5-7-13)24-16-9-8-14(20)12-15(16)19/h3-9,12,17,21H,10-11H2,1-2H3. The zero-order valence-electron chi connectivity index (χ0n) is 13.6. The molecule has 6 heteroatoms. The molecule has 128 valence electrons. The van der Waals surface area contributed by atoms with E-state index in [2.05, 4.69) is 21.2 Å². The topological polar surface area (TPSA) is 41.6 Å². The zero-order chi connectivity index (χ0) is 17.5. The largest absolute Gasteiger partial charge is 0.475 e. The minimum absolute atomic E-state index is 0.160. The Hall–Kier alpha value is -1.92. The summed E-state index contributed by atoms with van der Waals surface area (Å²) in [5.74, 6) is -0.115. The third-order valence-electron chi connectivity index (χ3n) is 3.54. The van der Waals surface area contributed by atoms with Gasteiger partial charge in [0.05, 0.1) is 4.47 Å². The van der Waals surface area contributed by atoms with Crippen LogP contribution in [0.3, 0.4) is 0 Å². The van der Waals surface area contributed by atoms with Crippen LogP contribution in [0.25, 0.3) is 0 Å². The highest BCUT2D eigenvalue weighted by molar-refractivity contribution is 9.10. The molecule has 0 saturated carbocycles. The van der Waals surface area contributed by atoms with Crippen molar-refractivity contribution in [1.82, 2.24) is 10.2 Å². The molecule has 0 fully saturated rings. The van der Waals surface area contributed by atoms with E-state index in [1.54, 1.807) is 11.9 Å². The van der Waals surface area contributed by atoms with E-state index in [1.165, 1.54) is 18.2 Å². The summed E-state index contributed by atoms with van der Waals surface area (Å²) in [6.45, 7) is 1.25. The van der Waals surface area contributed by atoms with Crippen molar-refractivity contribution in [2.45, 2.75) is 6.10 Å². The van der Waals surface area contributed by atoms with Crippen LogP contribution in [0.1, 0.15) is 11.7 Å². The maximum Gasteiger partial charge on any atom is 0.268 e. The van der Waals surface area contributed by atoms with Crippen molar-refractivity contribution in [3.05, 3.63) is 64.4 Å². The number of nitrogens with one attached hydrogen (secondary N) is 1. The summed E-state index contributed by atoms with van der Waals surface area (Å²) in [4.78, 5) is 14.4. The lowest BCUT2D eigenvalue weighted by molar-refractivity contribution is -0.137. The van der Waals surface area contributed by atoms with E-state index in [0.717, 1.165) is 5.56 Å². The smallest absolute Gasteiger partial charge is 0.268 e. The van der Waals surface area contributed by atoms with Gasteiger partial charge in [-0.05, 0) is 41.2 Å². The molecule has 0 radical (unpaired) electrons. The van der Waals surface area contributed by atoms with Crippen LogP contribution >= 0.6 is 15.9 Å². The highest BCUT2D eigenvalue weighted by Gasteiger charge is 2.26. The molecule has 1 amide bonds. The normalized spacial score (nSPS) is 11.8. The van der Waals surface area contributed by atoms with Gasteiger partial charge in [-0.25, -0.2) is 4.39 Å². The van der Waals surface area contributed by atoms with Gasteiger partial charge in [0.15, 0.2) is 0 Å². The summed E-state index contributed by atoms with van der Waals surface area (Å²) in [7, 11) is 3.57. The van der Waals surface area contributed by atoms with Gasteiger partial charge in [0.1, 0.15) is 11.6 Å². The molecular formula is C18H20BrFN2O2. The second-order valence-electron chi connectivity index (χ2n) is 5.35. The summed E-state index contributed by atoms with van der Waals surface area (Å²) >= 11 is 3.28. The van der Waals surface area contributed by atoms with E-state index in [4.69, 9.17) is 4.74 Å². The molecule has 0 aliphatic carbocycles. The van der Waals surface area contributed by atoms with Crippen LogP contribution in [0.4, 0.5) is 4.39 Å². The SMILES string of the molecule is CNCCN(C)C(=O)C(Oc1ccc(F)cc1Br)c1ccccc1. The van der Waals surface area contributed by atoms with E-state index < -0.39 is 6.10 Å². The van der Waals surface area contributed by atoms with Gasteiger partial charge in [-0.15, -0.1) is 0 Å². The van der Waals surface area contributed by atoms with Crippen molar-refractivity contribution >= 4 is 21.8 Å². The number of halogens is 2. The molecule has 0 bridgehead atoms. The molecule has 1 unspecified atom stereocenters. The Morgan fingerprint density at radius 2 is 2.00 bits per heavy atom. The summed E-state index contributed by atoms with van der Waals surface area (Å²) in [6.07, 6.45) is -0.796. The van der Waals surface area contributed by atoms with Crippen LogP contribution in [0.2, 0.25) is 0 Å². The summed E-state index contributed by atoms with van der Waals surface area (Å²) in [5, 5.41) is 3.01. The second kappa shape index (κ2) is 8.80. The van der Waals surface area contributed by atoms with Gasteiger partial charge in [0.25, 0.3) is 5.91 Å². The molecule has 1 N–H and O–H groups in total. The minimum atomic E-state index is -0.796. The summed E-state index contributed by atoms with van der Waals surface area (Å²) in [5.41, 5.74) is 0.745. The Balaban J connectivity index is 2.28. The van der Waals surface area contributed by atoms with Gasteiger partial charge in [-0.2, -0.15) is 0 Å². The number of hydrogen-bond acceptors (Lipinski definition) is 3. The number of benzene rings is 2. The number of hydrogen-bond donors (Lipinski definition) is 1. The van der Waals surface area contributed by atoms with Crippen LogP contribution in [0.5, 0.6) is 5.75 Å². The van der Waals surface area contributed by atoms with Gasteiger partial charge < -0.3 is 15.0 Å². The first kappa shape index (κ1) is 18.4. The predicted octanol–water partition coefficient (Wildman–Crippen LogP) is 3.39. The van der Waals surface area contributed by atoms with Crippen molar-refractivity contribution in [1.29, 1.82) is 0 Å². The van der Waals surface area contributed by atoms with E-state index in [0.29, 0.717) is 23.3 Å². The first-order chi connectivity index (χ1) is 11.5. The fourth-order valence-corrected chi connectivity index (χ4v) is 2.62. The Kier molecular flexibility index (Phi) is 6.75. The predicted molar refractivity (Wildman–Crippen MR) is 95.5 cm³/mol. The number of rotatable bonds is 7. The van der Waals surface area contributed by atoms with Crippen LogP contribution < -0.4 is 10.1 Å². The Morgan fingerprint density at radius 3 is 2.62 bits per heavy atom. The van der Waals surface area contributed by atoms with Crippen LogP contribution in [0, 0.1) is 5.82 Å². The van der Waals surface area contributed by atoms with Gasteiger partial charge in [-0.3, -0.25) is 4.79 Å². The van der Waals surface area contributed by atoms with E-state index in [1.807, 2.05) is 37.4 Å². The first-order valence-electron chi connectivity index (χ1n) is 7.59. The van der Waals surface area contributed by atoms with Gasteiger partial charge in [0, 0.05) is 25.7 Å². The quantitative estimate of drug-likeness (QED) is 0.782. The van der Waals surface area contributed by atoms with Crippen molar-refractivity contribution in [3.8, 4) is 5.75 Å². The molecule has 0 aliphatic heterocycles. The highest BCUT2D eigenvalue weighted by atomic mass is 79.9. The van der Waals surface area contributed by atoms with Crippen molar-refractivity contribution in [2.24, 2.45) is 0 Å². The van der Waals surface area contributed by atoms with E-state index in [9.17, 15) is 9.18 Å². The number of carbonyl (C=O) groups excluding carboxylic acids is 1. The maximum atomic E-state index is 13.3. The molecule has 0 saturated heterocycles. The van der Waals surface area contributed by atoms with Crippen LogP contribution in [-0.2, 0) is 4.79 Å². The Labute approximate surface area is 149 Å². The van der Waals surface area contributed by atoms with Crippen LogP contribution in [-0.4, -0.2) is 38.0 Å². The molecule has 4 nitrogen and oxygen atoms in total. The molecule has 0 aromatic heterocycles. The van der Waals surface area contributed by atoms with Crippen LogP contribution in [0.15, 0.2) is 53.0 Å². The third kappa shape index (κ3) is 4.79. The van der Waals surface area contributed by atoms with Gasteiger partial charge in [-0.1, -0.05) is 30.3 Å². The maximum absolute atomic E-state index is 13.3. The molecule has 2 rings (SSSR count). The molecule has 1 atom stereocenters. The molecule has 0 spiro atoms. The van der Waals surface area contributed by atoms with E-state index in [-0.39, 0.29) is 11.7 Å². The highest BCUT2D eigenvalue weighted by Crippen LogP contribution is 2.30. The lowest BCUT2D eigenvalue weighted by Crippen LogP contribution is -2.38. The molecule has 24 heavy (non-hydrogen) atoms. The molecular weight excluding hydrogens is 375 g/mol. The summed E-state index contributed by atoms with van der Waals surface area (Å²) in [6, 6.07) is 13.4. The van der Waals surface area contributed by atoms with Crippen molar-refractivity contribution in [3.63, 3.8) is 0 Å². The van der Waals surface area contributed by atoms with Crippen molar-refractivity contribution < 1.29 is 13.9 Å². The Morgan fingerprint density at radius 1 is 1.29 bits per heavy atom. The molecule has 2 aromatic carbocycles. The Bertz CT molecular complexity index is 682. The minimum Gasteiger partial charge on any atom is -0.475 e. The average molecular weight is 395 g/mol. The lowest BCUT2D eigenvalue weighted by atomic mass is 10.1. The summed E-state index contributed by atoms with van der Waals surface area (Å²) < 4.78 is 19.7. The second-order valence-corrected chi connectivity index (χ2v) is 6.20. The van der Waals surface area contributed by atoms with Gasteiger partial charge >= 0.3 is 0 Å². The molecule has 0 heterocycles. The van der Waals surface area contributed by atoms with Gasteiger partial charge in [0.2, 0.25) is 6.10 Å². The first-order valence-corrected chi connectivity index (χ1v) is 8.38. The monoisotopic (exact) mass is 394 g/mol. The fourth-order valence-electron chi connectivity index (χ4n) is 2.18. The number of ether oxygens (including phenoxy) is 1. The molecule has 0 aliphatic rings. The lowest BCUT2D eigenvalue weighted by Gasteiger charge is -2.25. The average Bonchev–Trinajstić information content (AvgIpc) is 2.59. The number of nitrogens with zero attached hydrogens (tertiary/aromatic N) is 1. The number of likely N-dealkylation sites (N-methyl/N-ethyl adjacent to an activating group) is 2. The van der Waals surface area contributed by atoms with E-state index >= 15 is 0 Å². The number of amides is 1. The zero-order valence-corrected chi connectivity index (χ0v) is 15.2. The number of carbonyl (C=O) groups is 1. The fraction of sp³-hybridized carbons (Fsp3) is 0.278. The third-order valence-corrected chi connectivity index (χ3v) is 4.16.